The Morgan fingerprint density at radius 3 is 2.52 bits per heavy atom. The Bertz CT molecular complexity index is 823. The number of rotatable bonds is 4. The summed E-state index contributed by atoms with van der Waals surface area (Å²) in [5.74, 6) is 0.102. The fourth-order valence-corrected chi connectivity index (χ4v) is 3.18. The first-order chi connectivity index (χ1) is 11.8. The highest BCUT2D eigenvalue weighted by molar-refractivity contribution is 7.86. The number of ether oxygens (including phenoxy) is 2. The Morgan fingerprint density at radius 2 is 1.88 bits per heavy atom. The molecule has 11 heteroatoms. The van der Waals surface area contributed by atoms with Crippen LogP contribution in [0.25, 0.3) is 11.1 Å². The maximum atomic E-state index is 11.3. The van der Waals surface area contributed by atoms with E-state index < -0.39 is 40.2 Å². The van der Waals surface area contributed by atoms with E-state index in [4.69, 9.17) is 18.4 Å². The lowest BCUT2D eigenvalue weighted by atomic mass is 10.1. The molecule has 25 heavy (non-hydrogen) atoms. The fourth-order valence-electron chi connectivity index (χ4n) is 2.42. The minimum Gasteiger partial charge on any atom is -0.472 e. The molecule has 4 N–H and O–H groups in total. The van der Waals surface area contributed by atoms with E-state index in [1.807, 2.05) is 0 Å². The summed E-state index contributed by atoms with van der Waals surface area (Å²) >= 11 is 0. The molecule has 1 aliphatic heterocycles. The van der Waals surface area contributed by atoms with Gasteiger partial charge < -0.3 is 29.2 Å². The molecule has 0 saturated carbocycles. The number of aromatic nitrogens is 1. The number of hydrogen-bond acceptors (Lipinski definition) is 9. The lowest BCUT2D eigenvalue weighted by Crippen LogP contribution is -2.61. The average Bonchev–Trinajstić information content (AvgIpc) is 3.09. The van der Waals surface area contributed by atoms with Gasteiger partial charge in [0.1, 0.15) is 24.1 Å². The highest BCUT2D eigenvalue weighted by Gasteiger charge is 2.50. The molecule has 10 nitrogen and oxygen atoms in total. The van der Waals surface area contributed by atoms with Crippen LogP contribution in [0.15, 0.2) is 41.5 Å². The Morgan fingerprint density at radius 1 is 1.12 bits per heavy atom. The zero-order valence-corrected chi connectivity index (χ0v) is 13.4. The topological polar surface area (TPSA) is 160 Å². The molecular formula is C14H15NO9S. The third-order valence-corrected chi connectivity index (χ3v) is 4.66. The van der Waals surface area contributed by atoms with Gasteiger partial charge in [-0.2, -0.15) is 8.42 Å². The molecule has 2 aromatic rings. The second-order valence-corrected chi connectivity index (χ2v) is 6.86. The van der Waals surface area contributed by atoms with Crippen LogP contribution in [0.3, 0.4) is 0 Å². The molecule has 0 radical (unpaired) electrons. The molecule has 0 bridgehead atoms. The van der Waals surface area contributed by atoms with Gasteiger partial charge in [-0.25, -0.2) is 0 Å². The average molecular weight is 373 g/mol. The van der Waals surface area contributed by atoms with Crippen molar-refractivity contribution in [1.29, 1.82) is 0 Å². The van der Waals surface area contributed by atoms with E-state index >= 15 is 0 Å². The van der Waals surface area contributed by atoms with Gasteiger partial charge in [0.25, 0.3) is 10.1 Å². The van der Waals surface area contributed by atoms with E-state index in [9.17, 15) is 23.7 Å². The van der Waals surface area contributed by atoms with Crippen molar-refractivity contribution in [3.8, 4) is 16.9 Å². The molecule has 136 valence electrons. The molecule has 5 atom stereocenters. The Labute approximate surface area is 142 Å². The van der Waals surface area contributed by atoms with Crippen molar-refractivity contribution in [2.75, 3.05) is 0 Å². The summed E-state index contributed by atoms with van der Waals surface area (Å²) < 4.78 is 47.1. The van der Waals surface area contributed by atoms with Crippen LogP contribution in [0, 0.1) is 0 Å². The van der Waals surface area contributed by atoms with Gasteiger partial charge in [-0.05, 0) is 12.1 Å². The standard InChI is InChI=1S/C14H15NO9S/c16-10-11(17)13(24-14(12(10)18)25(19,20)21)23-9-5-15-3-1-8(9)7-2-4-22-6-7/h1-6,10-14,16-18H,(H,19,20,21)/t10-,11-,12+,13-,14?/m1/s1. The predicted molar refractivity (Wildman–Crippen MR) is 80.8 cm³/mol. The molecule has 1 aliphatic rings. The Kier molecular flexibility index (Phi) is 4.77. The van der Waals surface area contributed by atoms with Crippen LogP contribution >= 0.6 is 0 Å². The largest absolute Gasteiger partial charge is 0.472 e. The second-order valence-electron chi connectivity index (χ2n) is 5.36. The SMILES string of the molecule is O=S(=O)(O)C1O[C@@H](Oc2cnccc2-c2ccoc2)[C@H](O)[C@@H](O)[C@@H]1O. The third kappa shape index (κ3) is 3.51. The van der Waals surface area contributed by atoms with E-state index in [0.717, 1.165) is 0 Å². The minimum atomic E-state index is -4.86. The zero-order valence-electron chi connectivity index (χ0n) is 12.5. The smallest absolute Gasteiger partial charge is 0.295 e. The number of furan rings is 1. The van der Waals surface area contributed by atoms with Crippen LogP contribution in [0.1, 0.15) is 0 Å². The molecular weight excluding hydrogens is 358 g/mol. The molecule has 3 rings (SSSR count). The van der Waals surface area contributed by atoms with Crippen molar-refractivity contribution in [1.82, 2.24) is 4.98 Å². The minimum absolute atomic E-state index is 0.102. The first kappa shape index (κ1) is 17.8. The molecule has 0 aliphatic carbocycles. The van der Waals surface area contributed by atoms with Gasteiger partial charge in [0.15, 0.2) is 0 Å². The molecule has 0 spiro atoms. The monoisotopic (exact) mass is 373 g/mol. The molecule has 2 aromatic heterocycles. The Hall–Kier alpha value is -2.02. The van der Waals surface area contributed by atoms with Gasteiger partial charge in [-0.3, -0.25) is 9.54 Å². The van der Waals surface area contributed by atoms with Crippen molar-refractivity contribution in [3.05, 3.63) is 37.1 Å². The Balaban J connectivity index is 1.90. The quantitative estimate of drug-likeness (QED) is 0.508. The van der Waals surface area contributed by atoms with Crippen LogP contribution in [0.5, 0.6) is 5.75 Å². The van der Waals surface area contributed by atoms with Gasteiger partial charge in [-0.15, -0.1) is 0 Å². The lowest BCUT2D eigenvalue weighted by molar-refractivity contribution is -0.254. The molecule has 3 heterocycles. The fraction of sp³-hybridized carbons (Fsp3) is 0.357. The van der Waals surface area contributed by atoms with Gasteiger partial charge in [-0.1, -0.05) is 0 Å². The van der Waals surface area contributed by atoms with Gasteiger partial charge in [0.05, 0.1) is 18.7 Å². The maximum Gasteiger partial charge on any atom is 0.295 e. The summed E-state index contributed by atoms with van der Waals surface area (Å²) in [5.41, 5.74) is -1.05. The summed E-state index contributed by atoms with van der Waals surface area (Å²) in [5, 5.41) is 29.5. The predicted octanol–water partition coefficient (Wildman–Crippen LogP) is -0.627. The number of aliphatic hydroxyl groups is 3. The second kappa shape index (κ2) is 6.71. The van der Waals surface area contributed by atoms with Crippen molar-refractivity contribution < 1.29 is 42.2 Å². The van der Waals surface area contributed by atoms with Crippen molar-refractivity contribution in [3.63, 3.8) is 0 Å². The number of hydrogen-bond donors (Lipinski definition) is 4. The summed E-state index contributed by atoms with van der Waals surface area (Å²) in [6, 6.07) is 3.22. The van der Waals surface area contributed by atoms with Crippen molar-refractivity contribution in [2.45, 2.75) is 30.0 Å². The van der Waals surface area contributed by atoms with Gasteiger partial charge >= 0.3 is 0 Å². The first-order valence-electron chi connectivity index (χ1n) is 7.08. The summed E-state index contributed by atoms with van der Waals surface area (Å²) in [6.45, 7) is 0. The molecule has 0 amide bonds. The van der Waals surface area contributed by atoms with E-state index in [1.54, 1.807) is 12.1 Å². The highest BCUT2D eigenvalue weighted by atomic mass is 32.2. The van der Waals surface area contributed by atoms with Crippen LogP contribution < -0.4 is 4.74 Å². The molecule has 1 fully saturated rings. The molecule has 1 unspecified atom stereocenters. The van der Waals surface area contributed by atoms with E-state index in [0.29, 0.717) is 11.1 Å². The van der Waals surface area contributed by atoms with E-state index in [1.165, 1.54) is 24.9 Å². The van der Waals surface area contributed by atoms with Gasteiger partial charge in [0, 0.05) is 17.3 Å². The molecule has 0 aromatic carbocycles. The van der Waals surface area contributed by atoms with Crippen LogP contribution in [-0.2, 0) is 14.9 Å². The number of nitrogens with zero attached hydrogens (tertiary/aromatic N) is 1. The normalized spacial score (nSPS) is 30.2. The summed E-state index contributed by atoms with van der Waals surface area (Å²) in [6.07, 6.45) is -1.79. The number of aliphatic hydroxyl groups excluding tert-OH is 3. The van der Waals surface area contributed by atoms with E-state index in [2.05, 4.69) is 4.98 Å². The maximum absolute atomic E-state index is 11.3. The summed E-state index contributed by atoms with van der Waals surface area (Å²) in [7, 11) is -4.86. The van der Waals surface area contributed by atoms with Crippen LogP contribution in [-0.4, -0.2) is 63.3 Å². The van der Waals surface area contributed by atoms with Crippen molar-refractivity contribution in [2.24, 2.45) is 0 Å². The lowest BCUT2D eigenvalue weighted by Gasteiger charge is -2.38. The van der Waals surface area contributed by atoms with Crippen molar-refractivity contribution >= 4 is 10.1 Å². The van der Waals surface area contributed by atoms with E-state index in [-0.39, 0.29) is 5.75 Å². The van der Waals surface area contributed by atoms with Crippen LogP contribution in [0.2, 0.25) is 0 Å². The molecule has 1 saturated heterocycles. The first-order valence-corrected chi connectivity index (χ1v) is 8.58. The van der Waals surface area contributed by atoms with Crippen LogP contribution in [0.4, 0.5) is 0 Å². The number of pyridine rings is 1. The third-order valence-electron chi connectivity index (χ3n) is 3.68. The zero-order chi connectivity index (χ0) is 18.2. The highest BCUT2D eigenvalue weighted by Crippen LogP contribution is 2.32. The van der Waals surface area contributed by atoms with Gasteiger partial charge in [0.2, 0.25) is 11.7 Å². The summed E-state index contributed by atoms with van der Waals surface area (Å²) in [4.78, 5) is 3.88.